The molecule has 0 bridgehead atoms. The lowest BCUT2D eigenvalue weighted by molar-refractivity contribution is -0.118. The lowest BCUT2D eigenvalue weighted by Gasteiger charge is -2.21. The Bertz CT molecular complexity index is 212. The number of Topliss-reactive ketones (excluding diaryl/α,β-unsaturated/α-hetero) is 1. The molecule has 18 heavy (non-hydrogen) atoms. The summed E-state index contributed by atoms with van der Waals surface area (Å²) in [4.78, 5) is 10.6. The standard InChI is InChI=1S/C14H26O4/c1-13(15)7-8-16-9-10-17-11-12-18-14-5-3-2-4-6-14/h14H,2-12H2,1H3. The Hall–Kier alpha value is -0.450. The van der Waals surface area contributed by atoms with Crippen LogP contribution in [0.4, 0.5) is 0 Å². The zero-order valence-corrected chi connectivity index (χ0v) is 11.5. The highest BCUT2D eigenvalue weighted by Crippen LogP contribution is 2.19. The van der Waals surface area contributed by atoms with E-state index in [1.54, 1.807) is 6.92 Å². The molecule has 1 saturated carbocycles. The SMILES string of the molecule is CC(=O)CCOCCOCCOC1CCCCC1. The van der Waals surface area contributed by atoms with Crippen LogP contribution in [0, 0.1) is 0 Å². The van der Waals surface area contributed by atoms with Crippen LogP contribution in [-0.4, -0.2) is 44.9 Å². The first-order valence-electron chi connectivity index (χ1n) is 7.05. The molecule has 0 amide bonds. The second-order valence-electron chi connectivity index (χ2n) is 4.81. The highest BCUT2D eigenvalue weighted by atomic mass is 16.5. The second-order valence-corrected chi connectivity index (χ2v) is 4.81. The summed E-state index contributed by atoms with van der Waals surface area (Å²) in [5.74, 6) is 0.164. The van der Waals surface area contributed by atoms with Gasteiger partial charge in [0, 0.05) is 6.42 Å². The molecule has 1 aliphatic carbocycles. The summed E-state index contributed by atoms with van der Waals surface area (Å²) in [6.07, 6.45) is 7.31. The van der Waals surface area contributed by atoms with Gasteiger partial charge in [-0.25, -0.2) is 0 Å². The maximum Gasteiger partial charge on any atom is 0.132 e. The Balaban J connectivity index is 1.76. The highest BCUT2D eigenvalue weighted by molar-refractivity contribution is 5.75. The van der Waals surface area contributed by atoms with Crippen molar-refractivity contribution >= 4 is 5.78 Å². The second kappa shape index (κ2) is 10.5. The Kier molecular flexibility index (Phi) is 9.08. The van der Waals surface area contributed by atoms with Crippen molar-refractivity contribution in [2.24, 2.45) is 0 Å². The van der Waals surface area contributed by atoms with E-state index >= 15 is 0 Å². The first kappa shape index (κ1) is 15.6. The lowest BCUT2D eigenvalue weighted by atomic mass is 9.98. The minimum atomic E-state index is 0.164. The van der Waals surface area contributed by atoms with Gasteiger partial charge in [0.15, 0.2) is 0 Å². The van der Waals surface area contributed by atoms with Gasteiger partial charge in [-0.3, -0.25) is 4.79 Å². The van der Waals surface area contributed by atoms with Crippen molar-refractivity contribution in [1.82, 2.24) is 0 Å². The Morgan fingerprint density at radius 1 is 0.944 bits per heavy atom. The number of hydrogen-bond donors (Lipinski definition) is 0. The molecule has 1 fully saturated rings. The van der Waals surface area contributed by atoms with E-state index < -0.39 is 0 Å². The van der Waals surface area contributed by atoms with E-state index in [1.807, 2.05) is 0 Å². The van der Waals surface area contributed by atoms with Crippen molar-refractivity contribution < 1.29 is 19.0 Å². The van der Waals surface area contributed by atoms with Gasteiger partial charge in [0.2, 0.25) is 0 Å². The number of hydrogen-bond acceptors (Lipinski definition) is 4. The number of ketones is 1. The first-order chi connectivity index (χ1) is 8.79. The summed E-state index contributed by atoms with van der Waals surface area (Å²) >= 11 is 0. The van der Waals surface area contributed by atoms with Gasteiger partial charge in [0.1, 0.15) is 5.78 Å². The summed E-state index contributed by atoms with van der Waals surface area (Å²) in [7, 11) is 0. The molecule has 0 atom stereocenters. The summed E-state index contributed by atoms with van der Waals surface area (Å²) in [6, 6.07) is 0. The topological polar surface area (TPSA) is 44.8 Å². The fraction of sp³-hybridized carbons (Fsp3) is 0.929. The van der Waals surface area contributed by atoms with Crippen LogP contribution < -0.4 is 0 Å². The van der Waals surface area contributed by atoms with Crippen LogP contribution in [0.5, 0.6) is 0 Å². The molecule has 0 N–H and O–H groups in total. The first-order valence-corrected chi connectivity index (χ1v) is 7.05. The average molecular weight is 258 g/mol. The van der Waals surface area contributed by atoms with E-state index in [4.69, 9.17) is 14.2 Å². The van der Waals surface area contributed by atoms with E-state index in [0.29, 0.717) is 45.6 Å². The number of rotatable bonds is 10. The number of carbonyl (C=O) groups excluding carboxylic acids is 1. The smallest absolute Gasteiger partial charge is 0.132 e. The molecule has 0 unspecified atom stereocenters. The van der Waals surface area contributed by atoms with Crippen molar-refractivity contribution in [3.63, 3.8) is 0 Å². The monoisotopic (exact) mass is 258 g/mol. The van der Waals surface area contributed by atoms with Crippen LogP contribution in [0.2, 0.25) is 0 Å². The van der Waals surface area contributed by atoms with E-state index in [1.165, 1.54) is 32.1 Å². The molecule has 0 saturated heterocycles. The average Bonchev–Trinajstić information content (AvgIpc) is 2.37. The molecular formula is C14H26O4. The molecule has 106 valence electrons. The molecule has 0 aromatic carbocycles. The van der Waals surface area contributed by atoms with Gasteiger partial charge < -0.3 is 14.2 Å². The molecule has 0 radical (unpaired) electrons. The van der Waals surface area contributed by atoms with E-state index in [-0.39, 0.29) is 5.78 Å². The van der Waals surface area contributed by atoms with Gasteiger partial charge in [0.25, 0.3) is 0 Å². The minimum Gasteiger partial charge on any atom is -0.379 e. The molecule has 0 aromatic rings. The number of carbonyl (C=O) groups is 1. The van der Waals surface area contributed by atoms with Crippen molar-refractivity contribution in [2.75, 3.05) is 33.0 Å². The highest BCUT2D eigenvalue weighted by Gasteiger charge is 2.12. The largest absolute Gasteiger partial charge is 0.379 e. The van der Waals surface area contributed by atoms with Crippen molar-refractivity contribution in [1.29, 1.82) is 0 Å². The molecule has 1 aliphatic rings. The van der Waals surface area contributed by atoms with E-state index in [0.717, 1.165) is 0 Å². The third kappa shape index (κ3) is 8.61. The molecule has 1 rings (SSSR count). The molecular weight excluding hydrogens is 232 g/mol. The minimum absolute atomic E-state index is 0.164. The van der Waals surface area contributed by atoms with Crippen molar-refractivity contribution in [3.05, 3.63) is 0 Å². The lowest BCUT2D eigenvalue weighted by Crippen LogP contribution is -2.19. The van der Waals surface area contributed by atoms with Gasteiger partial charge in [-0.15, -0.1) is 0 Å². The normalized spacial score (nSPS) is 16.9. The van der Waals surface area contributed by atoms with Crippen LogP contribution in [0.15, 0.2) is 0 Å². The summed E-state index contributed by atoms with van der Waals surface area (Å²) in [6.45, 7) is 4.51. The van der Waals surface area contributed by atoms with Gasteiger partial charge in [-0.05, 0) is 19.8 Å². The van der Waals surface area contributed by atoms with Crippen molar-refractivity contribution in [3.8, 4) is 0 Å². The third-order valence-electron chi connectivity index (χ3n) is 3.10. The van der Waals surface area contributed by atoms with Gasteiger partial charge >= 0.3 is 0 Å². The van der Waals surface area contributed by atoms with Crippen LogP contribution in [-0.2, 0) is 19.0 Å². The fourth-order valence-electron chi connectivity index (χ4n) is 2.04. The van der Waals surface area contributed by atoms with E-state index in [9.17, 15) is 4.79 Å². The third-order valence-corrected chi connectivity index (χ3v) is 3.10. The van der Waals surface area contributed by atoms with Gasteiger partial charge in [0.05, 0.1) is 39.1 Å². The maximum atomic E-state index is 10.6. The van der Waals surface area contributed by atoms with E-state index in [2.05, 4.69) is 0 Å². The van der Waals surface area contributed by atoms with Crippen LogP contribution in [0.25, 0.3) is 0 Å². The molecule has 4 heteroatoms. The Labute approximate surface area is 110 Å². The summed E-state index contributed by atoms with van der Waals surface area (Å²) in [5.41, 5.74) is 0. The van der Waals surface area contributed by atoms with Crippen LogP contribution >= 0.6 is 0 Å². The maximum absolute atomic E-state index is 10.6. The van der Waals surface area contributed by atoms with Gasteiger partial charge in [-0.2, -0.15) is 0 Å². The Morgan fingerprint density at radius 3 is 2.22 bits per heavy atom. The quantitative estimate of drug-likeness (QED) is 0.564. The summed E-state index contributed by atoms with van der Waals surface area (Å²) in [5, 5.41) is 0. The number of ether oxygens (including phenoxy) is 3. The fourth-order valence-corrected chi connectivity index (χ4v) is 2.04. The van der Waals surface area contributed by atoms with Gasteiger partial charge in [-0.1, -0.05) is 19.3 Å². The summed E-state index contributed by atoms with van der Waals surface area (Å²) < 4.78 is 16.4. The molecule has 0 aliphatic heterocycles. The zero-order chi connectivity index (χ0) is 13.1. The predicted octanol–water partition coefficient (Wildman–Crippen LogP) is 2.35. The Morgan fingerprint density at radius 2 is 1.56 bits per heavy atom. The predicted molar refractivity (Wildman–Crippen MR) is 69.8 cm³/mol. The molecule has 0 heterocycles. The van der Waals surface area contributed by atoms with Crippen molar-refractivity contribution in [2.45, 2.75) is 51.6 Å². The molecule has 4 nitrogen and oxygen atoms in total. The molecule has 0 spiro atoms. The zero-order valence-electron chi connectivity index (χ0n) is 11.5. The van der Waals surface area contributed by atoms with Crippen LogP contribution in [0.3, 0.4) is 0 Å². The van der Waals surface area contributed by atoms with Crippen LogP contribution in [0.1, 0.15) is 45.4 Å². The molecule has 0 aromatic heterocycles.